The summed E-state index contributed by atoms with van der Waals surface area (Å²) < 4.78 is 0.929. The smallest absolute Gasteiger partial charge is 0.124 e. The summed E-state index contributed by atoms with van der Waals surface area (Å²) >= 11 is 3.38. The van der Waals surface area contributed by atoms with Gasteiger partial charge in [-0.2, -0.15) is 0 Å². The Labute approximate surface area is 128 Å². The van der Waals surface area contributed by atoms with Crippen molar-refractivity contribution in [1.82, 2.24) is 0 Å². The first kappa shape index (κ1) is 14.8. The van der Waals surface area contributed by atoms with E-state index in [1.54, 1.807) is 18.3 Å². The summed E-state index contributed by atoms with van der Waals surface area (Å²) in [6.07, 6.45) is 1.70. The Bertz CT molecular complexity index is 603. The maximum absolute atomic E-state index is 9.72. The number of hydrogen-bond acceptors (Lipinski definition) is 2. The zero-order chi connectivity index (χ0) is 14.5. The van der Waals surface area contributed by atoms with Crippen molar-refractivity contribution in [2.45, 2.75) is 26.3 Å². The van der Waals surface area contributed by atoms with Gasteiger partial charge in [-0.05, 0) is 35.2 Å². The molecular formula is C17H18BrNO. The lowest BCUT2D eigenvalue weighted by molar-refractivity contribution is 0.474. The maximum atomic E-state index is 9.72. The zero-order valence-electron chi connectivity index (χ0n) is 11.7. The number of nitrogens with zero attached hydrogens (tertiary/aromatic N) is 1. The molecule has 0 amide bonds. The van der Waals surface area contributed by atoms with Crippen molar-refractivity contribution in [3.8, 4) is 5.75 Å². The van der Waals surface area contributed by atoms with Crippen LogP contribution in [0.2, 0.25) is 0 Å². The summed E-state index contributed by atoms with van der Waals surface area (Å²) in [6.45, 7) is 4.98. The van der Waals surface area contributed by atoms with Crippen molar-refractivity contribution in [2.24, 2.45) is 4.99 Å². The Morgan fingerprint density at radius 1 is 1.15 bits per heavy atom. The van der Waals surface area contributed by atoms with Gasteiger partial charge in [0.15, 0.2) is 0 Å². The fourth-order valence-corrected chi connectivity index (χ4v) is 2.26. The van der Waals surface area contributed by atoms with Crippen LogP contribution in [0.5, 0.6) is 5.75 Å². The van der Waals surface area contributed by atoms with Crippen LogP contribution < -0.4 is 0 Å². The molecule has 2 rings (SSSR count). The Balaban J connectivity index is 2.04. The molecular weight excluding hydrogens is 314 g/mol. The minimum atomic E-state index is 0.243. The third-order valence-corrected chi connectivity index (χ3v) is 3.63. The third kappa shape index (κ3) is 3.94. The standard InChI is InChI=1S/C17H18BrNO/c1-12(2)14-5-3-13(4-6-14)10-19-11-15-9-16(18)7-8-17(15)20/h3-9,11-12,20H,10H2,1-2H3. The van der Waals surface area contributed by atoms with Gasteiger partial charge in [0.2, 0.25) is 0 Å². The van der Waals surface area contributed by atoms with Crippen molar-refractivity contribution in [3.05, 3.63) is 63.6 Å². The molecule has 0 spiro atoms. The molecule has 2 aromatic carbocycles. The van der Waals surface area contributed by atoms with Crippen LogP contribution in [0.4, 0.5) is 0 Å². The summed E-state index contributed by atoms with van der Waals surface area (Å²) in [7, 11) is 0. The van der Waals surface area contributed by atoms with E-state index in [4.69, 9.17) is 0 Å². The number of aromatic hydroxyl groups is 1. The monoisotopic (exact) mass is 331 g/mol. The quantitative estimate of drug-likeness (QED) is 0.794. The SMILES string of the molecule is CC(C)c1ccc(CN=Cc2cc(Br)ccc2O)cc1. The molecule has 0 aliphatic heterocycles. The fourth-order valence-electron chi connectivity index (χ4n) is 1.89. The topological polar surface area (TPSA) is 32.6 Å². The van der Waals surface area contributed by atoms with E-state index in [0.29, 0.717) is 12.5 Å². The molecule has 1 N–H and O–H groups in total. The molecule has 20 heavy (non-hydrogen) atoms. The molecule has 0 saturated heterocycles. The van der Waals surface area contributed by atoms with Crippen LogP contribution in [0.25, 0.3) is 0 Å². The molecule has 0 aromatic heterocycles. The molecule has 0 saturated carbocycles. The molecule has 0 atom stereocenters. The van der Waals surface area contributed by atoms with Gasteiger partial charge in [0.1, 0.15) is 5.75 Å². The largest absolute Gasteiger partial charge is 0.507 e. The summed E-state index contributed by atoms with van der Waals surface area (Å²) in [5.41, 5.74) is 3.22. The highest BCUT2D eigenvalue weighted by Gasteiger charge is 2.00. The number of rotatable bonds is 4. The number of phenolic OH excluding ortho intramolecular Hbond substituents is 1. The van der Waals surface area contributed by atoms with E-state index < -0.39 is 0 Å². The minimum Gasteiger partial charge on any atom is -0.507 e. The van der Waals surface area contributed by atoms with E-state index in [2.05, 4.69) is 59.0 Å². The van der Waals surface area contributed by atoms with Crippen molar-refractivity contribution in [3.63, 3.8) is 0 Å². The van der Waals surface area contributed by atoms with Gasteiger partial charge in [-0.25, -0.2) is 0 Å². The fraction of sp³-hybridized carbons (Fsp3) is 0.235. The van der Waals surface area contributed by atoms with Crippen molar-refractivity contribution < 1.29 is 5.11 Å². The van der Waals surface area contributed by atoms with E-state index in [1.165, 1.54) is 11.1 Å². The number of halogens is 1. The molecule has 0 unspecified atom stereocenters. The van der Waals surface area contributed by atoms with Crippen molar-refractivity contribution in [1.29, 1.82) is 0 Å². The first-order valence-corrected chi connectivity index (χ1v) is 7.43. The highest BCUT2D eigenvalue weighted by Crippen LogP contribution is 2.20. The second-order valence-corrected chi connectivity index (χ2v) is 5.98. The number of aliphatic imine (C=N–C) groups is 1. The first-order chi connectivity index (χ1) is 9.56. The maximum Gasteiger partial charge on any atom is 0.124 e. The normalized spacial score (nSPS) is 11.4. The van der Waals surface area contributed by atoms with Crippen LogP contribution in [0, 0.1) is 0 Å². The zero-order valence-corrected chi connectivity index (χ0v) is 13.3. The Morgan fingerprint density at radius 3 is 2.50 bits per heavy atom. The molecule has 0 aliphatic rings. The average Bonchev–Trinajstić information content (AvgIpc) is 2.43. The van der Waals surface area contributed by atoms with Crippen LogP contribution in [-0.4, -0.2) is 11.3 Å². The van der Waals surface area contributed by atoms with Crippen molar-refractivity contribution in [2.75, 3.05) is 0 Å². The van der Waals surface area contributed by atoms with Gasteiger partial charge < -0.3 is 5.11 Å². The van der Waals surface area contributed by atoms with E-state index >= 15 is 0 Å². The number of hydrogen-bond donors (Lipinski definition) is 1. The van der Waals surface area contributed by atoms with Gasteiger partial charge in [0.05, 0.1) is 6.54 Å². The number of benzene rings is 2. The molecule has 0 bridgehead atoms. The molecule has 2 aromatic rings. The summed E-state index contributed by atoms with van der Waals surface area (Å²) in [4.78, 5) is 4.38. The number of phenols is 1. The second-order valence-electron chi connectivity index (χ2n) is 5.07. The molecule has 0 radical (unpaired) electrons. The van der Waals surface area contributed by atoms with Gasteiger partial charge in [0.25, 0.3) is 0 Å². The lowest BCUT2D eigenvalue weighted by Crippen LogP contribution is -1.89. The molecule has 104 valence electrons. The van der Waals surface area contributed by atoms with Gasteiger partial charge >= 0.3 is 0 Å². The van der Waals surface area contributed by atoms with Crippen LogP contribution in [-0.2, 0) is 6.54 Å². The highest BCUT2D eigenvalue weighted by atomic mass is 79.9. The lowest BCUT2D eigenvalue weighted by atomic mass is 10.0. The molecule has 2 nitrogen and oxygen atoms in total. The first-order valence-electron chi connectivity index (χ1n) is 6.63. The van der Waals surface area contributed by atoms with Crippen LogP contribution in [0.3, 0.4) is 0 Å². The van der Waals surface area contributed by atoms with Crippen LogP contribution in [0.1, 0.15) is 36.5 Å². The van der Waals surface area contributed by atoms with Gasteiger partial charge in [-0.15, -0.1) is 0 Å². The van der Waals surface area contributed by atoms with Crippen LogP contribution >= 0.6 is 15.9 Å². The Hall–Kier alpha value is -1.61. The summed E-state index contributed by atoms with van der Waals surface area (Å²) in [6, 6.07) is 13.8. The van der Waals surface area contributed by atoms with Gasteiger partial charge in [0, 0.05) is 16.3 Å². The highest BCUT2D eigenvalue weighted by molar-refractivity contribution is 9.10. The predicted octanol–water partition coefficient (Wildman–Crippen LogP) is 4.90. The van der Waals surface area contributed by atoms with Gasteiger partial charge in [-0.1, -0.05) is 54.0 Å². The predicted molar refractivity (Wildman–Crippen MR) is 87.6 cm³/mol. The lowest BCUT2D eigenvalue weighted by Gasteiger charge is -2.05. The second kappa shape index (κ2) is 6.71. The Morgan fingerprint density at radius 2 is 1.85 bits per heavy atom. The van der Waals surface area contributed by atoms with E-state index in [-0.39, 0.29) is 5.75 Å². The summed E-state index contributed by atoms with van der Waals surface area (Å²) in [5.74, 6) is 0.790. The van der Waals surface area contributed by atoms with E-state index in [0.717, 1.165) is 10.0 Å². The molecule has 3 heteroatoms. The molecule has 0 fully saturated rings. The van der Waals surface area contributed by atoms with E-state index in [1.807, 2.05) is 6.07 Å². The van der Waals surface area contributed by atoms with Crippen LogP contribution in [0.15, 0.2) is 51.9 Å². The van der Waals surface area contributed by atoms with E-state index in [9.17, 15) is 5.11 Å². The molecule has 0 aliphatic carbocycles. The Kier molecular flexibility index (Phi) is 4.96. The summed E-state index contributed by atoms with van der Waals surface area (Å²) in [5, 5.41) is 9.72. The third-order valence-electron chi connectivity index (χ3n) is 3.14. The van der Waals surface area contributed by atoms with Crippen molar-refractivity contribution >= 4 is 22.1 Å². The molecule has 0 heterocycles. The van der Waals surface area contributed by atoms with Gasteiger partial charge in [-0.3, -0.25) is 4.99 Å². The minimum absolute atomic E-state index is 0.243. The average molecular weight is 332 g/mol.